The van der Waals surface area contributed by atoms with Gasteiger partial charge in [-0.2, -0.15) is 0 Å². The highest BCUT2D eigenvalue weighted by atomic mass is 16.6. The number of ether oxygens (including phenoxy) is 2. The molecule has 0 amide bonds. The zero-order chi connectivity index (χ0) is 32.7. The Labute approximate surface area is 279 Å². The predicted molar refractivity (Wildman–Crippen MR) is 196 cm³/mol. The molecule has 0 aromatic carbocycles. The van der Waals surface area contributed by atoms with E-state index in [2.05, 4.69) is 74.6 Å². The molecule has 45 heavy (non-hydrogen) atoms. The highest BCUT2D eigenvalue weighted by molar-refractivity contribution is 5.69. The summed E-state index contributed by atoms with van der Waals surface area (Å²) in [5.41, 5.74) is 0. The van der Waals surface area contributed by atoms with E-state index in [9.17, 15) is 9.90 Å². The van der Waals surface area contributed by atoms with Crippen LogP contribution in [0, 0.1) is 0 Å². The van der Waals surface area contributed by atoms with Crippen LogP contribution < -0.4 is 0 Å². The van der Waals surface area contributed by atoms with Crippen molar-refractivity contribution in [2.45, 2.75) is 174 Å². The molecule has 0 aliphatic rings. The van der Waals surface area contributed by atoms with Crippen molar-refractivity contribution < 1.29 is 19.4 Å². The van der Waals surface area contributed by atoms with Crippen LogP contribution in [0.4, 0.5) is 0 Å². The maximum Gasteiger partial charge on any atom is 0.306 e. The Hall–Kier alpha value is -1.91. The summed E-state index contributed by atoms with van der Waals surface area (Å²) in [6.45, 7) is 5.21. The number of hydrogen-bond donors (Lipinski definition) is 1. The molecule has 0 aromatic rings. The number of unbranched alkanes of at least 4 members (excludes halogenated alkanes) is 16. The standard InChI is InChI=1S/C41H72O4/c1-3-5-7-9-11-13-15-17-18-19-20-21-22-23-25-27-29-31-33-35-37-44-39-40(38-42)45-41(43)36-34-32-30-28-26-24-16-14-12-10-8-6-4-2/h8,10-11,13-14,16-18,20-21,40,42H,3-7,9,12,15,19,22-39H2,1-2H3/b10-8-,13-11-,16-14-,18-17-,21-20-. The number of allylic oxidation sites excluding steroid dienone is 10. The molecular formula is C41H72O4. The molecule has 4 nitrogen and oxygen atoms in total. The summed E-state index contributed by atoms with van der Waals surface area (Å²) in [5.74, 6) is -0.222. The van der Waals surface area contributed by atoms with Crippen molar-refractivity contribution in [3.8, 4) is 0 Å². The second-order valence-corrected chi connectivity index (χ2v) is 12.3. The summed E-state index contributed by atoms with van der Waals surface area (Å²) in [5, 5.41) is 9.55. The zero-order valence-electron chi connectivity index (χ0n) is 29.6. The molecule has 0 heterocycles. The van der Waals surface area contributed by atoms with Crippen molar-refractivity contribution in [3.63, 3.8) is 0 Å². The van der Waals surface area contributed by atoms with Crippen molar-refractivity contribution in [1.29, 1.82) is 0 Å². The van der Waals surface area contributed by atoms with Gasteiger partial charge in [-0.25, -0.2) is 0 Å². The third kappa shape index (κ3) is 36.4. The van der Waals surface area contributed by atoms with Gasteiger partial charge in [0.25, 0.3) is 0 Å². The quantitative estimate of drug-likeness (QED) is 0.0437. The number of carbonyl (C=O) groups excluding carboxylic acids is 1. The van der Waals surface area contributed by atoms with E-state index in [0.29, 0.717) is 13.0 Å². The Morgan fingerprint density at radius 1 is 0.533 bits per heavy atom. The van der Waals surface area contributed by atoms with E-state index < -0.39 is 6.10 Å². The summed E-state index contributed by atoms with van der Waals surface area (Å²) in [7, 11) is 0. The molecule has 0 spiro atoms. The van der Waals surface area contributed by atoms with Gasteiger partial charge in [-0.3, -0.25) is 4.79 Å². The second-order valence-electron chi connectivity index (χ2n) is 12.3. The normalized spacial score (nSPS) is 13.0. The van der Waals surface area contributed by atoms with Gasteiger partial charge < -0.3 is 14.6 Å². The van der Waals surface area contributed by atoms with E-state index in [-0.39, 0.29) is 19.2 Å². The van der Waals surface area contributed by atoms with Gasteiger partial charge in [-0.05, 0) is 77.0 Å². The van der Waals surface area contributed by atoms with Crippen LogP contribution in [-0.4, -0.2) is 37.0 Å². The molecule has 4 heteroatoms. The lowest BCUT2D eigenvalue weighted by molar-refractivity contribution is -0.154. The van der Waals surface area contributed by atoms with Crippen molar-refractivity contribution in [2.24, 2.45) is 0 Å². The first-order valence-electron chi connectivity index (χ1n) is 18.9. The molecule has 0 fully saturated rings. The van der Waals surface area contributed by atoms with Gasteiger partial charge in [0.1, 0.15) is 6.10 Å². The number of aliphatic hydroxyl groups is 1. The van der Waals surface area contributed by atoms with Gasteiger partial charge in [0.05, 0.1) is 13.2 Å². The summed E-state index contributed by atoms with van der Waals surface area (Å²) in [4.78, 5) is 12.1. The minimum absolute atomic E-state index is 0.184. The minimum atomic E-state index is -0.548. The van der Waals surface area contributed by atoms with Crippen LogP contribution in [0.15, 0.2) is 60.8 Å². The van der Waals surface area contributed by atoms with Crippen LogP contribution in [0.25, 0.3) is 0 Å². The van der Waals surface area contributed by atoms with E-state index in [0.717, 1.165) is 57.8 Å². The largest absolute Gasteiger partial charge is 0.457 e. The maximum absolute atomic E-state index is 12.1. The van der Waals surface area contributed by atoms with Crippen molar-refractivity contribution in [2.75, 3.05) is 19.8 Å². The topological polar surface area (TPSA) is 55.8 Å². The molecule has 0 radical (unpaired) electrons. The van der Waals surface area contributed by atoms with Gasteiger partial charge in [-0.15, -0.1) is 0 Å². The number of carbonyl (C=O) groups is 1. The number of esters is 1. The fraction of sp³-hybridized carbons (Fsp3) is 0.732. The molecule has 260 valence electrons. The molecular weight excluding hydrogens is 556 g/mol. The van der Waals surface area contributed by atoms with Crippen molar-refractivity contribution in [1.82, 2.24) is 0 Å². The van der Waals surface area contributed by atoms with Crippen molar-refractivity contribution in [3.05, 3.63) is 60.8 Å². The molecule has 0 aromatic heterocycles. The van der Waals surface area contributed by atoms with Gasteiger partial charge >= 0.3 is 5.97 Å². The fourth-order valence-corrected chi connectivity index (χ4v) is 4.96. The molecule has 0 aliphatic heterocycles. The molecule has 0 rings (SSSR count). The molecule has 0 aliphatic carbocycles. The second kappa shape index (κ2) is 38.3. The molecule has 0 bridgehead atoms. The number of aliphatic hydroxyl groups excluding tert-OH is 1. The zero-order valence-corrected chi connectivity index (χ0v) is 29.6. The first-order valence-corrected chi connectivity index (χ1v) is 18.9. The Balaban J connectivity index is 3.50. The molecule has 1 atom stereocenters. The van der Waals surface area contributed by atoms with Crippen LogP contribution in [-0.2, 0) is 14.3 Å². The Morgan fingerprint density at radius 2 is 0.978 bits per heavy atom. The first-order chi connectivity index (χ1) is 22.2. The van der Waals surface area contributed by atoms with Gasteiger partial charge in [0, 0.05) is 13.0 Å². The third-order valence-electron chi connectivity index (χ3n) is 7.80. The first kappa shape index (κ1) is 43.1. The van der Waals surface area contributed by atoms with Crippen LogP contribution in [0.3, 0.4) is 0 Å². The Bertz CT molecular complexity index is 749. The summed E-state index contributed by atoms with van der Waals surface area (Å²) in [6.07, 6.45) is 49.7. The van der Waals surface area contributed by atoms with Crippen molar-refractivity contribution >= 4 is 5.97 Å². The van der Waals surface area contributed by atoms with E-state index in [1.807, 2.05) is 0 Å². The van der Waals surface area contributed by atoms with E-state index in [1.165, 1.54) is 89.9 Å². The molecule has 1 unspecified atom stereocenters. The predicted octanol–water partition coefficient (Wildman–Crippen LogP) is 12.1. The molecule has 0 saturated heterocycles. The lowest BCUT2D eigenvalue weighted by Crippen LogP contribution is -2.27. The van der Waals surface area contributed by atoms with Gasteiger partial charge in [-0.1, -0.05) is 145 Å². The minimum Gasteiger partial charge on any atom is -0.457 e. The summed E-state index contributed by atoms with van der Waals surface area (Å²) < 4.78 is 11.1. The smallest absolute Gasteiger partial charge is 0.306 e. The van der Waals surface area contributed by atoms with Crippen LogP contribution >= 0.6 is 0 Å². The monoisotopic (exact) mass is 629 g/mol. The summed E-state index contributed by atoms with van der Waals surface area (Å²) in [6, 6.07) is 0. The average Bonchev–Trinajstić information content (AvgIpc) is 3.05. The Kier molecular flexibility index (Phi) is 36.6. The average molecular weight is 629 g/mol. The molecule has 1 N–H and O–H groups in total. The lowest BCUT2D eigenvalue weighted by atomic mass is 10.1. The highest BCUT2D eigenvalue weighted by Gasteiger charge is 2.13. The fourth-order valence-electron chi connectivity index (χ4n) is 4.96. The Morgan fingerprint density at radius 3 is 1.49 bits per heavy atom. The van der Waals surface area contributed by atoms with E-state index >= 15 is 0 Å². The SMILES string of the molecule is CCC/C=C\C/C=C\CCCCCCCC(=O)OC(CO)COCCCCCCCCC/C=C\C/C=C\C/C=C\CCCCC. The van der Waals surface area contributed by atoms with Gasteiger partial charge in [0.2, 0.25) is 0 Å². The van der Waals surface area contributed by atoms with Gasteiger partial charge in [0.15, 0.2) is 0 Å². The summed E-state index contributed by atoms with van der Waals surface area (Å²) >= 11 is 0. The van der Waals surface area contributed by atoms with E-state index in [1.54, 1.807) is 0 Å². The molecule has 0 saturated carbocycles. The van der Waals surface area contributed by atoms with Crippen LogP contribution in [0.5, 0.6) is 0 Å². The third-order valence-corrected chi connectivity index (χ3v) is 7.80. The van der Waals surface area contributed by atoms with Crippen LogP contribution in [0.2, 0.25) is 0 Å². The van der Waals surface area contributed by atoms with Crippen LogP contribution in [0.1, 0.15) is 168 Å². The highest BCUT2D eigenvalue weighted by Crippen LogP contribution is 2.11. The maximum atomic E-state index is 12.1. The lowest BCUT2D eigenvalue weighted by Gasteiger charge is -2.15. The number of rotatable bonds is 34. The number of hydrogen-bond acceptors (Lipinski definition) is 4. The van der Waals surface area contributed by atoms with E-state index in [4.69, 9.17) is 9.47 Å².